The molecule has 0 bridgehead atoms. The molecule has 1 aromatic carbocycles. The minimum atomic E-state index is -0.527. The molecular formula is C23H25N5O3. The maximum atomic E-state index is 13.5. The second kappa shape index (κ2) is 8.20. The topological polar surface area (TPSA) is 82.4 Å². The van der Waals surface area contributed by atoms with Gasteiger partial charge in [-0.05, 0) is 36.2 Å². The molecule has 2 aromatic heterocycles. The molecule has 4 heterocycles. The van der Waals surface area contributed by atoms with Crippen LogP contribution in [0.4, 0.5) is 0 Å². The smallest absolute Gasteiger partial charge is 0.276 e. The third-order valence-corrected chi connectivity index (χ3v) is 6.00. The van der Waals surface area contributed by atoms with E-state index in [2.05, 4.69) is 34.4 Å². The molecular weight excluding hydrogens is 394 g/mol. The van der Waals surface area contributed by atoms with Crippen LogP contribution in [-0.4, -0.2) is 62.9 Å². The summed E-state index contributed by atoms with van der Waals surface area (Å²) in [7, 11) is 0. The van der Waals surface area contributed by atoms with Crippen LogP contribution in [0.25, 0.3) is 16.9 Å². The van der Waals surface area contributed by atoms with Crippen molar-refractivity contribution in [3.63, 3.8) is 0 Å². The van der Waals surface area contributed by atoms with E-state index in [-0.39, 0.29) is 5.91 Å². The summed E-state index contributed by atoms with van der Waals surface area (Å²) in [6.07, 6.45) is 5.68. The van der Waals surface area contributed by atoms with Crippen LogP contribution in [0.3, 0.4) is 0 Å². The van der Waals surface area contributed by atoms with Crippen molar-refractivity contribution in [1.29, 1.82) is 0 Å². The number of benzene rings is 1. The van der Waals surface area contributed by atoms with Gasteiger partial charge in [0.25, 0.3) is 5.91 Å². The van der Waals surface area contributed by atoms with Gasteiger partial charge < -0.3 is 14.4 Å². The third-order valence-electron chi connectivity index (χ3n) is 6.00. The summed E-state index contributed by atoms with van der Waals surface area (Å²) in [5.74, 6) is -0.661. The molecule has 0 N–H and O–H groups in total. The highest BCUT2D eigenvalue weighted by Gasteiger charge is 2.41. The zero-order valence-corrected chi connectivity index (χ0v) is 17.5. The van der Waals surface area contributed by atoms with Crippen LogP contribution in [0.1, 0.15) is 35.8 Å². The van der Waals surface area contributed by atoms with Crippen molar-refractivity contribution in [2.45, 2.75) is 32.0 Å². The molecule has 160 valence electrons. The first-order valence-corrected chi connectivity index (χ1v) is 10.7. The number of hydrogen-bond acceptors (Lipinski definition) is 6. The molecule has 3 aromatic rings. The van der Waals surface area contributed by atoms with Crippen LogP contribution in [0, 0.1) is 0 Å². The highest BCUT2D eigenvalue weighted by molar-refractivity contribution is 5.98. The Labute approximate surface area is 180 Å². The van der Waals surface area contributed by atoms with Gasteiger partial charge in [0.2, 0.25) is 0 Å². The highest BCUT2D eigenvalue weighted by atomic mass is 16.7. The quantitative estimate of drug-likeness (QED) is 0.647. The van der Waals surface area contributed by atoms with Crippen molar-refractivity contribution in [2.24, 2.45) is 0 Å². The molecule has 8 nitrogen and oxygen atoms in total. The number of aromatic nitrogens is 4. The van der Waals surface area contributed by atoms with Crippen LogP contribution < -0.4 is 0 Å². The predicted molar refractivity (Wildman–Crippen MR) is 114 cm³/mol. The number of nitrogens with zero attached hydrogens (tertiary/aromatic N) is 5. The van der Waals surface area contributed by atoms with E-state index in [0.29, 0.717) is 50.5 Å². The van der Waals surface area contributed by atoms with Gasteiger partial charge in [-0.1, -0.05) is 24.3 Å². The summed E-state index contributed by atoms with van der Waals surface area (Å²) in [6.45, 7) is 4.46. The predicted octanol–water partition coefficient (Wildman–Crippen LogP) is 2.87. The number of piperidine rings is 1. The van der Waals surface area contributed by atoms with Crippen molar-refractivity contribution < 1.29 is 14.3 Å². The summed E-state index contributed by atoms with van der Waals surface area (Å²) >= 11 is 0. The first-order chi connectivity index (χ1) is 15.2. The fourth-order valence-corrected chi connectivity index (χ4v) is 4.26. The fourth-order valence-electron chi connectivity index (χ4n) is 4.26. The first-order valence-electron chi connectivity index (χ1n) is 10.7. The lowest BCUT2D eigenvalue weighted by Gasteiger charge is -2.37. The second-order valence-electron chi connectivity index (χ2n) is 7.86. The van der Waals surface area contributed by atoms with Crippen LogP contribution in [-0.2, 0) is 15.9 Å². The zero-order valence-electron chi connectivity index (χ0n) is 17.5. The van der Waals surface area contributed by atoms with Gasteiger partial charge in [0, 0.05) is 43.9 Å². The van der Waals surface area contributed by atoms with Gasteiger partial charge >= 0.3 is 0 Å². The molecule has 1 spiro atoms. The minimum Gasteiger partial charge on any atom is -0.347 e. The number of amides is 1. The summed E-state index contributed by atoms with van der Waals surface area (Å²) < 4.78 is 13.3. The average molecular weight is 419 g/mol. The number of aryl methyl sites for hydroxylation is 1. The Morgan fingerprint density at radius 2 is 1.94 bits per heavy atom. The standard InChI is InChI=1S/C23H25N5O3/c1-2-17-5-3-7-19(15-17)28-21(18-6-4-10-24-16-18)20(25-26-28)22(29)27-11-8-23(9-12-27)30-13-14-31-23/h3-7,10,15-16H,2,8-9,11-14H2,1H3. The number of pyridine rings is 1. The van der Waals surface area contributed by atoms with Crippen molar-refractivity contribution >= 4 is 5.91 Å². The second-order valence-corrected chi connectivity index (χ2v) is 7.86. The lowest BCUT2D eigenvalue weighted by atomic mass is 10.0. The molecule has 2 fully saturated rings. The lowest BCUT2D eigenvalue weighted by Crippen LogP contribution is -2.47. The molecule has 0 atom stereocenters. The largest absolute Gasteiger partial charge is 0.347 e. The number of rotatable bonds is 4. The lowest BCUT2D eigenvalue weighted by molar-refractivity contribution is -0.181. The molecule has 0 aliphatic carbocycles. The molecule has 31 heavy (non-hydrogen) atoms. The normalized spacial score (nSPS) is 17.9. The van der Waals surface area contributed by atoms with Crippen molar-refractivity contribution in [3.05, 3.63) is 60.0 Å². The van der Waals surface area contributed by atoms with E-state index in [1.54, 1.807) is 17.1 Å². The molecule has 8 heteroatoms. The summed E-state index contributed by atoms with van der Waals surface area (Å²) in [6, 6.07) is 11.9. The van der Waals surface area contributed by atoms with Crippen molar-refractivity contribution in [2.75, 3.05) is 26.3 Å². The number of carbonyl (C=O) groups excluding carboxylic acids is 1. The van der Waals surface area contributed by atoms with Crippen LogP contribution in [0.5, 0.6) is 0 Å². The maximum absolute atomic E-state index is 13.5. The van der Waals surface area contributed by atoms with E-state index < -0.39 is 5.79 Å². The Balaban J connectivity index is 1.50. The van der Waals surface area contributed by atoms with E-state index in [4.69, 9.17) is 9.47 Å². The van der Waals surface area contributed by atoms with E-state index in [1.165, 1.54) is 5.56 Å². The van der Waals surface area contributed by atoms with Gasteiger partial charge in [-0.2, -0.15) is 0 Å². The Morgan fingerprint density at radius 3 is 2.65 bits per heavy atom. The molecule has 2 saturated heterocycles. The highest BCUT2D eigenvalue weighted by Crippen LogP contribution is 2.33. The van der Waals surface area contributed by atoms with Crippen LogP contribution in [0.2, 0.25) is 0 Å². The Morgan fingerprint density at radius 1 is 1.13 bits per heavy atom. The first kappa shape index (κ1) is 19.8. The maximum Gasteiger partial charge on any atom is 0.276 e. The van der Waals surface area contributed by atoms with Crippen LogP contribution in [0.15, 0.2) is 48.8 Å². The molecule has 5 rings (SSSR count). The van der Waals surface area contributed by atoms with Crippen molar-refractivity contribution in [1.82, 2.24) is 24.9 Å². The molecule has 0 radical (unpaired) electrons. The molecule has 2 aliphatic heterocycles. The van der Waals surface area contributed by atoms with E-state index in [0.717, 1.165) is 17.7 Å². The van der Waals surface area contributed by atoms with E-state index in [9.17, 15) is 4.79 Å². The zero-order chi connectivity index (χ0) is 21.3. The Bertz CT molecular complexity index is 1070. The van der Waals surface area contributed by atoms with E-state index in [1.807, 2.05) is 29.2 Å². The number of ether oxygens (including phenoxy) is 2. The van der Waals surface area contributed by atoms with Gasteiger partial charge in [-0.15, -0.1) is 5.10 Å². The molecule has 1 amide bonds. The van der Waals surface area contributed by atoms with Gasteiger partial charge in [0.1, 0.15) is 5.69 Å². The SMILES string of the molecule is CCc1cccc(-n2nnc(C(=O)N3CCC4(CC3)OCCO4)c2-c2cccnc2)c1. The third kappa shape index (κ3) is 3.73. The van der Waals surface area contributed by atoms with Gasteiger partial charge in [-0.25, -0.2) is 4.68 Å². The average Bonchev–Trinajstić information content (AvgIpc) is 3.47. The van der Waals surface area contributed by atoms with Gasteiger partial charge in [0.05, 0.1) is 18.9 Å². The van der Waals surface area contributed by atoms with E-state index >= 15 is 0 Å². The molecule has 2 aliphatic rings. The van der Waals surface area contributed by atoms with Crippen LogP contribution >= 0.6 is 0 Å². The minimum absolute atomic E-state index is 0.135. The van der Waals surface area contributed by atoms with Gasteiger partial charge in [0.15, 0.2) is 11.5 Å². The Kier molecular flexibility index (Phi) is 5.25. The fraction of sp³-hybridized carbons (Fsp3) is 0.391. The monoisotopic (exact) mass is 419 g/mol. The summed E-state index contributed by atoms with van der Waals surface area (Å²) in [4.78, 5) is 19.5. The number of hydrogen-bond donors (Lipinski definition) is 0. The molecule has 0 saturated carbocycles. The summed E-state index contributed by atoms with van der Waals surface area (Å²) in [5, 5.41) is 8.69. The van der Waals surface area contributed by atoms with Gasteiger partial charge in [-0.3, -0.25) is 9.78 Å². The molecule has 0 unspecified atom stereocenters. The Hall–Kier alpha value is -3.10. The summed E-state index contributed by atoms with van der Waals surface area (Å²) in [5.41, 5.74) is 3.85. The van der Waals surface area contributed by atoms with Crippen molar-refractivity contribution in [3.8, 4) is 16.9 Å². The number of likely N-dealkylation sites (tertiary alicyclic amines) is 1. The number of carbonyl (C=O) groups is 1.